The molecule has 0 aliphatic carbocycles. The van der Waals surface area contributed by atoms with E-state index < -0.39 is 0 Å². The zero-order chi connectivity index (χ0) is 10.4. The zero-order valence-corrected chi connectivity index (χ0v) is 10.5. The third kappa shape index (κ3) is 3.27. The van der Waals surface area contributed by atoms with Crippen molar-refractivity contribution in [1.29, 1.82) is 0 Å². The van der Waals surface area contributed by atoms with Gasteiger partial charge in [0.15, 0.2) is 0 Å². The SMILES string of the molecule is CC[Si](CC)N(C)Cc1ccccc1. The van der Waals surface area contributed by atoms with Gasteiger partial charge in [-0.15, -0.1) is 0 Å². The van der Waals surface area contributed by atoms with Crippen molar-refractivity contribution in [3.8, 4) is 0 Å². The molecule has 0 saturated heterocycles. The van der Waals surface area contributed by atoms with Crippen LogP contribution in [0.2, 0.25) is 12.1 Å². The van der Waals surface area contributed by atoms with Crippen molar-refractivity contribution in [3.05, 3.63) is 35.9 Å². The summed E-state index contributed by atoms with van der Waals surface area (Å²) in [4.78, 5) is 0. The third-order valence-electron chi connectivity index (χ3n) is 2.62. The Balaban J connectivity index is 2.52. The molecule has 0 fully saturated rings. The van der Waals surface area contributed by atoms with E-state index in [9.17, 15) is 0 Å². The number of benzene rings is 1. The van der Waals surface area contributed by atoms with E-state index in [-0.39, 0.29) is 8.96 Å². The first kappa shape index (κ1) is 11.5. The fourth-order valence-corrected chi connectivity index (χ4v) is 3.74. The molecule has 1 rings (SSSR count). The van der Waals surface area contributed by atoms with Gasteiger partial charge in [0.05, 0.1) is 0 Å². The Morgan fingerprint density at radius 2 is 1.64 bits per heavy atom. The van der Waals surface area contributed by atoms with Gasteiger partial charge < -0.3 is 4.57 Å². The molecule has 1 radical (unpaired) electrons. The maximum absolute atomic E-state index is 2.54. The molecule has 0 heterocycles. The average Bonchev–Trinajstić information content (AvgIpc) is 2.21. The topological polar surface area (TPSA) is 3.24 Å². The lowest BCUT2D eigenvalue weighted by Crippen LogP contribution is -2.34. The molecule has 0 atom stereocenters. The highest BCUT2D eigenvalue weighted by Crippen LogP contribution is 2.08. The maximum atomic E-state index is 2.54. The first-order valence-electron chi connectivity index (χ1n) is 5.37. The molecule has 2 heteroatoms. The van der Waals surface area contributed by atoms with E-state index in [1.165, 1.54) is 17.7 Å². The van der Waals surface area contributed by atoms with Gasteiger partial charge in [0.1, 0.15) is 8.96 Å². The quantitative estimate of drug-likeness (QED) is 0.669. The number of nitrogens with zero attached hydrogens (tertiary/aromatic N) is 1. The fourth-order valence-electron chi connectivity index (χ4n) is 1.76. The summed E-state index contributed by atoms with van der Waals surface area (Å²) in [7, 11) is 1.99. The minimum Gasteiger partial charge on any atom is -0.323 e. The van der Waals surface area contributed by atoms with Crippen LogP contribution < -0.4 is 0 Å². The lowest BCUT2D eigenvalue weighted by atomic mass is 10.2. The van der Waals surface area contributed by atoms with Crippen molar-refractivity contribution in [1.82, 2.24) is 4.57 Å². The van der Waals surface area contributed by atoms with Crippen LogP contribution in [0.4, 0.5) is 0 Å². The number of hydrogen-bond donors (Lipinski definition) is 0. The lowest BCUT2D eigenvalue weighted by molar-refractivity contribution is 0.512. The first-order valence-corrected chi connectivity index (χ1v) is 7.23. The van der Waals surface area contributed by atoms with Gasteiger partial charge in [-0.25, -0.2) is 0 Å². The predicted octanol–water partition coefficient (Wildman–Crippen LogP) is 3.15. The van der Waals surface area contributed by atoms with Gasteiger partial charge >= 0.3 is 0 Å². The van der Waals surface area contributed by atoms with Crippen LogP contribution in [0.15, 0.2) is 30.3 Å². The number of hydrogen-bond acceptors (Lipinski definition) is 1. The summed E-state index contributed by atoms with van der Waals surface area (Å²) in [6, 6.07) is 13.4. The highest BCUT2D eigenvalue weighted by atomic mass is 28.3. The molecule has 1 nitrogen and oxygen atoms in total. The van der Waals surface area contributed by atoms with Crippen LogP contribution in [0.3, 0.4) is 0 Å². The van der Waals surface area contributed by atoms with Crippen LogP contribution in [0.25, 0.3) is 0 Å². The van der Waals surface area contributed by atoms with Crippen molar-refractivity contribution in [2.45, 2.75) is 32.5 Å². The second kappa shape index (κ2) is 5.99. The second-order valence-electron chi connectivity index (χ2n) is 3.61. The molecule has 1 aromatic rings. The average molecular weight is 206 g/mol. The highest BCUT2D eigenvalue weighted by molar-refractivity contribution is 6.55. The second-order valence-corrected chi connectivity index (χ2v) is 6.93. The maximum Gasteiger partial charge on any atom is 0.135 e. The summed E-state index contributed by atoms with van der Waals surface area (Å²) < 4.78 is 2.54. The van der Waals surface area contributed by atoms with Gasteiger partial charge in [0, 0.05) is 6.54 Å². The summed E-state index contributed by atoms with van der Waals surface area (Å²) in [5, 5.41) is 0. The Kier molecular flexibility index (Phi) is 4.91. The monoisotopic (exact) mass is 206 g/mol. The van der Waals surface area contributed by atoms with E-state index in [1.807, 2.05) is 0 Å². The normalized spacial score (nSPS) is 11.2. The minimum absolute atomic E-state index is 0.265. The Labute approximate surface area is 89.4 Å². The van der Waals surface area contributed by atoms with E-state index in [0.717, 1.165) is 6.54 Å². The Hall–Kier alpha value is -0.603. The number of rotatable bonds is 5. The van der Waals surface area contributed by atoms with Crippen LogP contribution in [0.5, 0.6) is 0 Å². The third-order valence-corrected chi connectivity index (χ3v) is 5.49. The molecule has 0 aromatic heterocycles. The van der Waals surface area contributed by atoms with Crippen molar-refractivity contribution in [2.24, 2.45) is 0 Å². The summed E-state index contributed by atoms with van der Waals surface area (Å²) in [6.07, 6.45) is 0. The molecule has 0 bridgehead atoms. The van der Waals surface area contributed by atoms with Crippen molar-refractivity contribution in [3.63, 3.8) is 0 Å². The van der Waals surface area contributed by atoms with Gasteiger partial charge in [-0.1, -0.05) is 44.2 Å². The van der Waals surface area contributed by atoms with E-state index in [0.29, 0.717) is 0 Å². The molecular weight excluding hydrogens is 186 g/mol. The lowest BCUT2D eigenvalue weighted by Gasteiger charge is -2.24. The summed E-state index contributed by atoms with van der Waals surface area (Å²) in [6.45, 7) is 5.72. The van der Waals surface area contributed by atoms with Crippen LogP contribution >= 0.6 is 0 Å². The minimum atomic E-state index is -0.265. The molecule has 0 N–H and O–H groups in total. The molecule has 0 saturated carbocycles. The van der Waals surface area contributed by atoms with Gasteiger partial charge in [-0.2, -0.15) is 0 Å². The van der Waals surface area contributed by atoms with E-state index >= 15 is 0 Å². The van der Waals surface area contributed by atoms with Gasteiger partial charge in [-0.05, 0) is 24.7 Å². The first-order chi connectivity index (χ1) is 6.77. The molecule has 77 valence electrons. The van der Waals surface area contributed by atoms with E-state index in [4.69, 9.17) is 0 Å². The molecule has 0 aliphatic rings. The smallest absolute Gasteiger partial charge is 0.135 e. The van der Waals surface area contributed by atoms with Crippen molar-refractivity contribution >= 4 is 8.96 Å². The molecule has 0 aliphatic heterocycles. The molecule has 1 aromatic carbocycles. The van der Waals surface area contributed by atoms with Gasteiger partial charge in [-0.3, -0.25) is 0 Å². The van der Waals surface area contributed by atoms with Crippen LogP contribution in [-0.2, 0) is 6.54 Å². The van der Waals surface area contributed by atoms with Crippen LogP contribution in [0, 0.1) is 0 Å². The van der Waals surface area contributed by atoms with Gasteiger partial charge in [0.2, 0.25) is 0 Å². The van der Waals surface area contributed by atoms with Gasteiger partial charge in [0.25, 0.3) is 0 Å². The predicted molar refractivity (Wildman–Crippen MR) is 64.6 cm³/mol. The van der Waals surface area contributed by atoms with E-state index in [1.54, 1.807) is 0 Å². The molecule has 0 amide bonds. The largest absolute Gasteiger partial charge is 0.323 e. The van der Waals surface area contributed by atoms with E-state index in [2.05, 4.69) is 55.8 Å². The molecule has 0 spiro atoms. The Morgan fingerprint density at radius 1 is 1.07 bits per heavy atom. The summed E-state index contributed by atoms with van der Waals surface area (Å²) >= 11 is 0. The van der Waals surface area contributed by atoms with Crippen LogP contribution in [0.1, 0.15) is 19.4 Å². The summed E-state index contributed by atoms with van der Waals surface area (Å²) in [5.74, 6) is 0. The summed E-state index contributed by atoms with van der Waals surface area (Å²) in [5.41, 5.74) is 1.43. The highest BCUT2D eigenvalue weighted by Gasteiger charge is 2.12. The standard InChI is InChI=1S/C12H20NSi/c1-4-14(5-2)13(3)11-12-9-7-6-8-10-12/h6-10H,4-5,11H2,1-3H3. The Bertz CT molecular complexity index is 244. The molecule has 14 heavy (non-hydrogen) atoms. The zero-order valence-electron chi connectivity index (χ0n) is 9.46. The molecular formula is C12H20NSi. The van der Waals surface area contributed by atoms with Crippen molar-refractivity contribution in [2.75, 3.05) is 7.05 Å². The fraction of sp³-hybridized carbons (Fsp3) is 0.500. The van der Waals surface area contributed by atoms with Crippen LogP contribution in [-0.4, -0.2) is 20.6 Å². The van der Waals surface area contributed by atoms with Crippen molar-refractivity contribution < 1.29 is 0 Å². The molecule has 0 unspecified atom stereocenters. The Morgan fingerprint density at radius 3 is 2.14 bits per heavy atom.